The predicted molar refractivity (Wildman–Crippen MR) is 78.3 cm³/mol. The lowest BCUT2D eigenvalue weighted by Gasteiger charge is -2.12. The van der Waals surface area contributed by atoms with Crippen molar-refractivity contribution in [2.75, 3.05) is 6.61 Å². The van der Waals surface area contributed by atoms with E-state index in [1.54, 1.807) is 6.20 Å². The van der Waals surface area contributed by atoms with Crippen molar-refractivity contribution in [3.05, 3.63) is 22.4 Å². The number of hydrogen-bond acceptors (Lipinski definition) is 4. The maximum absolute atomic E-state index is 12.2. The highest BCUT2D eigenvalue weighted by Crippen LogP contribution is 2.30. The summed E-state index contributed by atoms with van der Waals surface area (Å²) in [7, 11) is 0. The predicted octanol–water partition coefficient (Wildman–Crippen LogP) is 1.96. The molecule has 1 saturated carbocycles. The number of rotatable bonds is 3. The number of nitrogens with zero attached hydrogens (tertiary/aromatic N) is 3. The van der Waals surface area contributed by atoms with E-state index in [9.17, 15) is 4.79 Å². The van der Waals surface area contributed by atoms with Gasteiger partial charge in [0.05, 0.1) is 18.3 Å². The Balaban J connectivity index is 1.72. The van der Waals surface area contributed by atoms with E-state index in [-0.39, 0.29) is 11.7 Å². The third-order valence-electron chi connectivity index (χ3n) is 4.63. The van der Waals surface area contributed by atoms with Gasteiger partial charge in [0, 0.05) is 13.0 Å². The van der Waals surface area contributed by atoms with Crippen LogP contribution in [0, 0.1) is 0 Å². The van der Waals surface area contributed by atoms with Crippen molar-refractivity contribution >= 4 is 11.0 Å². The average molecular weight is 288 g/mol. The van der Waals surface area contributed by atoms with E-state index in [1.165, 1.54) is 12.8 Å². The topological polar surface area (TPSA) is 72.8 Å². The van der Waals surface area contributed by atoms with Crippen LogP contribution in [0.1, 0.15) is 50.4 Å². The fraction of sp³-hybridized carbons (Fsp3) is 0.667. The summed E-state index contributed by atoms with van der Waals surface area (Å²) in [5.41, 5.74) is 0.649. The van der Waals surface area contributed by atoms with Crippen LogP contribution in [0.2, 0.25) is 0 Å². The van der Waals surface area contributed by atoms with Crippen molar-refractivity contribution in [1.82, 2.24) is 19.7 Å². The molecular formula is C15H20N4O2. The molecule has 1 aliphatic carbocycles. The maximum Gasteiger partial charge on any atom is 0.262 e. The first-order valence-electron chi connectivity index (χ1n) is 7.89. The molecule has 2 aromatic rings. The summed E-state index contributed by atoms with van der Waals surface area (Å²) in [5.74, 6) is 0.721. The van der Waals surface area contributed by atoms with E-state index in [4.69, 9.17) is 4.74 Å². The van der Waals surface area contributed by atoms with Gasteiger partial charge in [0.2, 0.25) is 0 Å². The Labute approximate surface area is 122 Å². The lowest BCUT2D eigenvalue weighted by Crippen LogP contribution is -2.18. The summed E-state index contributed by atoms with van der Waals surface area (Å²) in [5, 5.41) is 5.01. The van der Waals surface area contributed by atoms with E-state index in [0.717, 1.165) is 43.8 Å². The number of ether oxygens (including phenoxy) is 1. The Hall–Kier alpha value is -1.69. The molecule has 1 unspecified atom stereocenters. The Bertz CT molecular complexity index is 693. The van der Waals surface area contributed by atoms with Gasteiger partial charge in [-0.25, -0.2) is 9.67 Å². The fourth-order valence-corrected chi connectivity index (χ4v) is 3.52. The third-order valence-corrected chi connectivity index (χ3v) is 4.63. The van der Waals surface area contributed by atoms with Crippen LogP contribution in [0.5, 0.6) is 0 Å². The van der Waals surface area contributed by atoms with Gasteiger partial charge in [0.15, 0.2) is 5.65 Å². The summed E-state index contributed by atoms with van der Waals surface area (Å²) >= 11 is 0. The number of nitrogens with one attached hydrogen (secondary N) is 1. The molecular weight excluding hydrogens is 268 g/mol. The molecule has 3 heterocycles. The van der Waals surface area contributed by atoms with Gasteiger partial charge in [0.25, 0.3) is 5.56 Å². The van der Waals surface area contributed by atoms with Gasteiger partial charge in [-0.1, -0.05) is 12.8 Å². The molecule has 2 fully saturated rings. The smallest absolute Gasteiger partial charge is 0.262 e. The molecule has 1 saturated heterocycles. The van der Waals surface area contributed by atoms with E-state index < -0.39 is 0 Å². The van der Waals surface area contributed by atoms with Crippen molar-refractivity contribution in [1.29, 1.82) is 0 Å². The third kappa shape index (κ3) is 2.37. The first kappa shape index (κ1) is 13.0. The molecule has 0 spiro atoms. The van der Waals surface area contributed by atoms with E-state index in [2.05, 4.69) is 15.1 Å². The molecule has 1 atom stereocenters. The molecule has 1 N–H and O–H groups in total. The minimum Gasteiger partial charge on any atom is -0.378 e. The maximum atomic E-state index is 12.2. The van der Waals surface area contributed by atoms with Crippen molar-refractivity contribution in [3.8, 4) is 0 Å². The van der Waals surface area contributed by atoms with Gasteiger partial charge in [0.1, 0.15) is 11.2 Å². The monoisotopic (exact) mass is 288 g/mol. The molecule has 0 aromatic carbocycles. The Morgan fingerprint density at radius 2 is 2.14 bits per heavy atom. The van der Waals surface area contributed by atoms with Crippen LogP contribution < -0.4 is 5.56 Å². The van der Waals surface area contributed by atoms with Crippen molar-refractivity contribution in [2.24, 2.45) is 0 Å². The molecule has 0 bridgehead atoms. The minimum atomic E-state index is -0.0859. The molecule has 2 aliphatic rings. The molecule has 0 radical (unpaired) electrons. The van der Waals surface area contributed by atoms with Gasteiger partial charge in [-0.3, -0.25) is 4.79 Å². The summed E-state index contributed by atoms with van der Waals surface area (Å²) < 4.78 is 7.59. The van der Waals surface area contributed by atoms with Crippen molar-refractivity contribution in [2.45, 2.75) is 57.1 Å². The normalized spacial score (nSPS) is 23.3. The highest BCUT2D eigenvalue weighted by atomic mass is 16.5. The van der Waals surface area contributed by atoms with E-state index >= 15 is 0 Å². The largest absolute Gasteiger partial charge is 0.378 e. The molecule has 112 valence electrons. The number of H-pyrrole nitrogens is 1. The van der Waals surface area contributed by atoms with Gasteiger partial charge < -0.3 is 9.72 Å². The number of fused-ring (bicyclic) bond motifs is 1. The van der Waals surface area contributed by atoms with Crippen LogP contribution in [0.4, 0.5) is 0 Å². The Morgan fingerprint density at radius 3 is 2.90 bits per heavy atom. The standard InChI is InChI=1S/C15H20N4O2/c20-15-12-9-16-19(10-4-1-2-5-10)14(12)17-13(18-15)8-11-6-3-7-21-11/h9-11H,1-8H2,(H,17,18,20). The summed E-state index contributed by atoms with van der Waals surface area (Å²) in [6, 6.07) is 0.396. The highest BCUT2D eigenvalue weighted by Gasteiger charge is 2.22. The molecule has 1 aliphatic heterocycles. The van der Waals surface area contributed by atoms with Crippen LogP contribution in [0.15, 0.2) is 11.0 Å². The molecule has 2 aromatic heterocycles. The van der Waals surface area contributed by atoms with Crippen molar-refractivity contribution < 1.29 is 4.74 Å². The summed E-state index contributed by atoms with van der Waals surface area (Å²) in [6.45, 7) is 0.817. The molecule has 6 heteroatoms. The van der Waals surface area contributed by atoms with Gasteiger partial charge in [-0.2, -0.15) is 5.10 Å². The van der Waals surface area contributed by atoms with E-state index in [0.29, 0.717) is 17.8 Å². The Kier molecular flexibility index (Phi) is 3.25. The first-order valence-corrected chi connectivity index (χ1v) is 7.89. The van der Waals surface area contributed by atoms with E-state index in [1.807, 2.05) is 4.68 Å². The van der Waals surface area contributed by atoms with Crippen LogP contribution in [-0.2, 0) is 11.2 Å². The van der Waals surface area contributed by atoms with Crippen molar-refractivity contribution in [3.63, 3.8) is 0 Å². The molecule has 4 rings (SSSR count). The summed E-state index contributed by atoms with van der Waals surface area (Å²) in [6.07, 6.45) is 9.39. The van der Waals surface area contributed by atoms with Gasteiger partial charge >= 0.3 is 0 Å². The SMILES string of the molecule is O=c1[nH]c(CC2CCCO2)nc2c1cnn2C1CCCC1. The van der Waals surface area contributed by atoms with Crippen LogP contribution >= 0.6 is 0 Å². The molecule has 21 heavy (non-hydrogen) atoms. The average Bonchev–Trinajstić information content (AvgIpc) is 3.19. The second-order valence-electron chi connectivity index (χ2n) is 6.12. The lowest BCUT2D eigenvalue weighted by atomic mass is 10.2. The fourth-order valence-electron chi connectivity index (χ4n) is 3.52. The second-order valence-corrected chi connectivity index (χ2v) is 6.12. The number of aromatic amines is 1. The quantitative estimate of drug-likeness (QED) is 0.937. The van der Waals surface area contributed by atoms with Gasteiger partial charge in [-0.05, 0) is 25.7 Å². The zero-order chi connectivity index (χ0) is 14.2. The van der Waals surface area contributed by atoms with Crippen LogP contribution in [-0.4, -0.2) is 32.5 Å². The highest BCUT2D eigenvalue weighted by molar-refractivity contribution is 5.73. The zero-order valence-corrected chi connectivity index (χ0v) is 12.0. The summed E-state index contributed by atoms with van der Waals surface area (Å²) in [4.78, 5) is 19.8. The lowest BCUT2D eigenvalue weighted by molar-refractivity contribution is 0.110. The first-order chi connectivity index (χ1) is 10.3. The zero-order valence-electron chi connectivity index (χ0n) is 12.0. The molecule has 0 amide bonds. The molecule has 6 nitrogen and oxygen atoms in total. The number of aromatic nitrogens is 4. The van der Waals surface area contributed by atoms with Gasteiger partial charge in [-0.15, -0.1) is 0 Å². The van der Waals surface area contributed by atoms with Crippen LogP contribution in [0.25, 0.3) is 11.0 Å². The number of hydrogen-bond donors (Lipinski definition) is 1. The minimum absolute atomic E-state index is 0.0859. The van der Waals surface area contributed by atoms with Crippen LogP contribution in [0.3, 0.4) is 0 Å². The Morgan fingerprint density at radius 1 is 1.29 bits per heavy atom. The second kappa shape index (κ2) is 5.26.